The number of methoxy groups -OCH3 is 2. The van der Waals surface area contributed by atoms with Gasteiger partial charge in [-0.1, -0.05) is 13.0 Å². The molecule has 0 aliphatic heterocycles. The predicted molar refractivity (Wildman–Crippen MR) is 79.2 cm³/mol. The average molecular weight is 275 g/mol. The van der Waals surface area contributed by atoms with Crippen LogP contribution in [0.1, 0.15) is 6.92 Å². The fourth-order valence-corrected chi connectivity index (χ4v) is 2.67. The molecule has 1 aromatic carbocycles. The van der Waals surface area contributed by atoms with Crippen LogP contribution in [0.25, 0.3) is 11.1 Å². The van der Waals surface area contributed by atoms with E-state index >= 15 is 0 Å². The topological polar surface area (TPSA) is 31.4 Å². The zero-order valence-corrected chi connectivity index (χ0v) is 12.2. The summed E-state index contributed by atoms with van der Waals surface area (Å²) in [5.41, 5.74) is 2.01. The van der Waals surface area contributed by atoms with Crippen LogP contribution in [-0.2, 0) is 0 Å². The summed E-state index contributed by atoms with van der Waals surface area (Å²) in [5, 5.41) is 0. The molecule has 0 bridgehead atoms. The van der Waals surface area contributed by atoms with Gasteiger partial charge in [-0.25, -0.2) is 0 Å². The first kappa shape index (κ1) is 13.7. The van der Waals surface area contributed by atoms with Crippen LogP contribution in [-0.4, -0.2) is 25.0 Å². The second-order valence-corrected chi connectivity index (χ2v) is 5.18. The first-order valence-electron chi connectivity index (χ1n) is 6.09. The van der Waals surface area contributed by atoms with Gasteiger partial charge >= 0.3 is 0 Å². The summed E-state index contributed by atoms with van der Waals surface area (Å²) < 4.78 is 11.0. The van der Waals surface area contributed by atoms with E-state index in [-0.39, 0.29) is 0 Å². The molecule has 2 rings (SSSR count). The van der Waals surface area contributed by atoms with Gasteiger partial charge in [0.2, 0.25) is 0 Å². The van der Waals surface area contributed by atoms with E-state index in [2.05, 4.69) is 11.9 Å². The molecular formula is C15H17NO2S. The lowest BCUT2D eigenvalue weighted by Gasteiger charge is -2.14. The van der Waals surface area contributed by atoms with Crippen molar-refractivity contribution in [2.24, 2.45) is 0 Å². The fourth-order valence-electron chi connectivity index (χ4n) is 1.89. The monoisotopic (exact) mass is 275 g/mol. The minimum Gasteiger partial charge on any atom is -0.496 e. The maximum absolute atomic E-state index is 5.49. The van der Waals surface area contributed by atoms with Crippen molar-refractivity contribution in [1.82, 2.24) is 4.98 Å². The van der Waals surface area contributed by atoms with Gasteiger partial charge in [-0.3, -0.25) is 4.98 Å². The summed E-state index contributed by atoms with van der Waals surface area (Å²) in [4.78, 5) is 5.24. The normalized spacial score (nSPS) is 10.3. The lowest BCUT2D eigenvalue weighted by Crippen LogP contribution is -1.93. The van der Waals surface area contributed by atoms with Gasteiger partial charge in [-0.05, 0) is 24.0 Å². The van der Waals surface area contributed by atoms with Crippen molar-refractivity contribution in [3.63, 3.8) is 0 Å². The standard InChI is InChI=1S/C15H17NO2S/c1-4-19-15-9-13(17-2)12(8-14(15)18-3)11-6-5-7-16-10-11/h5-10H,4H2,1-3H3. The second-order valence-electron chi connectivity index (χ2n) is 3.88. The van der Waals surface area contributed by atoms with Crippen LogP contribution in [0.2, 0.25) is 0 Å². The summed E-state index contributed by atoms with van der Waals surface area (Å²) in [6.07, 6.45) is 3.58. The molecule has 0 aliphatic carbocycles. The third-order valence-corrected chi connectivity index (χ3v) is 3.68. The van der Waals surface area contributed by atoms with Gasteiger partial charge in [-0.2, -0.15) is 0 Å². The molecule has 0 aliphatic rings. The van der Waals surface area contributed by atoms with Gasteiger partial charge in [0.05, 0.1) is 19.1 Å². The van der Waals surface area contributed by atoms with Gasteiger partial charge < -0.3 is 9.47 Å². The molecule has 0 unspecified atom stereocenters. The van der Waals surface area contributed by atoms with Gasteiger partial charge in [-0.15, -0.1) is 11.8 Å². The number of benzene rings is 1. The SMILES string of the molecule is CCSc1cc(OC)c(-c2cccnc2)cc1OC. The van der Waals surface area contributed by atoms with E-state index in [1.807, 2.05) is 30.5 Å². The first-order chi connectivity index (χ1) is 9.30. The number of hydrogen-bond donors (Lipinski definition) is 0. The van der Waals surface area contributed by atoms with Gasteiger partial charge in [0.25, 0.3) is 0 Å². The Hall–Kier alpha value is -1.68. The Morgan fingerprint density at radius 3 is 2.53 bits per heavy atom. The van der Waals surface area contributed by atoms with E-state index in [1.165, 1.54) is 0 Å². The highest BCUT2D eigenvalue weighted by atomic mass is 32.2. The van der Waals surface area contributed by atoms with Gasteiger partial charge in [0, 0.05) is 23.5 Å². The Morgan fingerprint density at radius 2 is 1.95 bits per heavy atom. The fraction of sp³-hybridized carbons (Fsp3) is 0.267. The van der Waals surface area contributed by atoms with Crippen molar-refractivity contribution in [2.75, 3.05) is 20.0 Å². The summed E-state index contributed by atoms with van der Waals surface area (Å²) in [5.74, 6) is 2.70. The zero-order chi connectivity index (χ0) is 13.7. The van der Waals surface area contributed by atoms with Crippen molar-refractivity contribution >= 4 is 11.8 Å². The maximum atomic E-state index is 5.49. The lowest BCUT2D eigenvalue weighted by atomic mass is 10.1. The Kier molecular flexibility index (Phi) is 4.68. The van der Waals surface area contributed by atoms with Crippen LogP contribution in [0.15, 0.2) is 41.6 Å². The highest BCUT2D eigenvalue weighted by Gasteiger charge is 2.12. The number of thioether (sulfide) groups is 1. The Morgan fingerprint density at radius 1 is 1.16 bits per heavy atom. The summed E-state index contributed by atoms with van der Waals surface area (Å²) in [7, 11) is 3.37. The third kappa shape index (κ3) is 3.01. The van der Waals surface area contributed by atoms with Crippen LogP contribution in [0.5, 0.6) is 11.5 Å². The summed E-state index contributed by atoms with van der Waals surface area (Å²) >= 11 is 1.74. The zero-order valence-electron chi connectivity index (χ0n) is 11.3. The molecule has 3 nitrogen and oxygen atoms in total. The molecule has 1 heterocycles. The molecule has 0 saturated heterocycles. The number of nitrogens with zero attached hydrogens (tertiary/aromatic N) is 1. The highest BCUT2D eigenvalue weighted by molar-refractivity contribution is 7.99. The molecular weight excluding hydrogens is 258 g/mol. The van der Waals surface area contributed by atoms with E-state index in [4.69, 9.17) is 9.47 Å². The first-order valence-corrected chi connectivity index (χ1v) is 7.08. The lowest BCUT2D eigenvalue weighted by molar-refractivity contribution is 0.395. The molecule has 0 N–H and O–H groups in total. The Bertz CT molecular complexity index is 543. The smallest absolute Gasteiger partial charge is 0.133 e. The molecule has 0 atom stereocenters. The average Bonchev–Trinajstić information content (AvgIpc) is 2.48. The van der Waals surface area contributed by atoms with E-state index < -0.39 is 0 Å². The molecule has 0 amide bonds. The van der Waals surface area contributed by atoms with Crippen molar-refractivity contribution in [2.45, 2.75) is 11.8 Å². The van der Waals surface area contributed by atoms with E-state index in [9.17, 15) is 0 Å². The van der Waals surface area contributed by atoms with Gasteiger partial charge in [0.1, 0.15) is 11.5 Å². The largest absolute Gasteiger partial charge is 0.496 e. The number of pyridine rings is 1. The van der Waals surface area contributed by atoms with E-state index in [0.29, 0.717) is 0 Å². The van der Waals surface area contributed by atoms with Crippen LogP contribution < -0.4 is 9.47 Å². The Balaban J connectivity index is 2.54. The number of aromatic nitrogens is 1. The predicted octanol–water partition coefficient (Wildman–Crippen LogP) is 3.88. The number of rotatable bonds is 5. The summed E-state index contributed by atoms with van der Waals surface area (Å²) in [6.45, 7) is 2.12. The molecule has 4 heteroatoms. The van der Waals surface area contributed by atoms with E-state index in [1.54, 1.807) is 32.2 Å². The third-order valence-electron chi connectivity index (χ3n) is 2.76. The molecule has 0 spiro atoms. The van der Waals surface area contributed by atoms with Gasteiger partial charge in [0.15, 0.2) is 0 Å². The molecule has 0 saturated carbocycles. The minimum absolute atomic E-state index is 0.838. The van der Waals surface area contributed by atoms with E-state index in [0.717, 1.165) is 33.3 Å². The quantitative estimate of drug-likeness (QED) is 0.775. The minimum atomic E-state index is 0.838. The highest BCUT2D eigenvalue weighted by Crippen LogP contribution is 2.39. The van der Waals surface area contributed by atoms with Crippen molar-refractivity contribution in [3.05, 3.63) is 36.7 Å². The van der Waals surface area contributed by atoms with Crippen LogP contribution >= 0.6 is 11.8 Å². The molecule has 2 aromatic rings. The molecule has 0 radical (unpaired) electrons. The van der Waals surface area contributed by atoms with Crippen LogP contribution in [0, 0.1) is 0 Å². The molecule has 0 fully saturated rings. The molecule has 1 aromatic heterocycles. The maximum Gasteiger partial charge on any atom is 0.133 e. The second kappa shape index (κ2) is 6.48. The number of hydrogen-bond acceptors (Lipinski definition) is 4. The van der Waals surface area contributed by atoms with Crippen molar-refractivity contribution in [3.8, 4) is 22.6 Å². The number of ether oxygens (including phenoxy) is 2. The molecule has 19 heavy (non-hydrogen) atoms. The van der Waals surface area contributed by atoms with Crippen LogP contribution in [0.3, 0.4) is 0 Å². The Labute approximate surface area is 118 Å². The van der Waals surface area contributed by atoms with Crippen LogP contribution in [0.4, 0.5) is 0 Å². The van der Waals surface area contributed by atoms with Crippen molar-refractivity contribution in [1.29, 1.82) is 0 Å². The molecule has 100 valence electrons. The summed E-state index contributed by atoms with van der Waals surface area (Å²) in [6, 6.07) is 7.95. The van der Waals surface area contributed by atoms with Crippen molar-refractivity contribution < 1.29 is 9.47 Å².